The molecule has 12 heteroatoms. The fraction of sp³-hybridized carbons (Fsp3) is 0.118. The highest BCUT2D eigenvalue weighted by Crippen LogP contribution is 2.34. The number of aromatic nitrogens is 1. The lowest BCUT2D eigenvalue weighted by atomic mass is 10.2. The first-order valence-corrected chi connectivity index (χ1v) is 9.37. The van der Waals surface area contributed by atoms with Gasteiger partial charge in [-0.05, 0) is 12.1 Å². The first-order valence-electron chi connectivity index (χ1n) is 7.48. The summed E-state index contributed by atoms with van der Waals surface area (Å²) in [4.78, 5) is 24.7. The minimum absolute atomic E-state index is 0.0448. The number of carbonyl (C=O) groups is 2. The molecule has 5 N–H and O–H groups in total. The van der Waals surface area contributed by atoms with Crippen LogP contribution in [0.15, 0.2) is 12.1 Å². The van der Waals surface area contributed by atoms with Crippen molar-refractivity contribution < 1.29 is 19.4 Å². The molecule has 0 spiro atoms. The van der Waals surface area contributed by atoms with E-state index < -0.39 is 17.8 Å². The van der Waals surface area contributed by atoms with E-state index in [1.807, 2.05) is 6.92 Å². The van der Waals surface area contributed by atoms with Crippen LogP contribution >= 0.6 is 58.0 Å². The van der Waals surface area contributed by atoms with Gasteiger partial charge in [-0.25, -0.2) is 14.6 Å². The van der Waals surface area contributed by atoms with Crippen LogP contribution in [0, 0.1) is 11.8 Å². The molecule has 0 saturated carbocycles. The Hall–Kier alpha value is -2.08. The molecule has 7 nitrogen and oxygen atoms in total. The van der Waals surface area contributed by atoms with Crippen LogP contribution in [-0.4, -0.2) is 22.2 Å². The Morgan fingerprint density at radius 3 is 2.28 bits per heavy atom. The predicted octanol–water partition coefficient (Wildman–Crippen LogP) is 5.53. The van der Waals surface area contributed by atoms with Crippen LogP contribution in [-0.2, 0) is 0 Å². The minimum Gasteiger partial charge on any atom is -0.476 e. The second-order valence-corrected chi connectivity index (χ2v) is 6.81. The number of anilines is 1. The van der Waals surface area contributed by atoms with Gasteiger partial charge >= 0.3 is 12.1 Å². The van der Waals surface area contributed by atoms with Gasteiger partial charge in [0.15, 0.2) is 10.8 Å². The van der Waals surface area contributed by atoms with Crippen LogP contribution in [0.25, 0.3) is 0 Å². The summed E-state index contributed by atoms with van der Waals surface area (Å²) in [6, 6.07) is 3.01. The predicted molar refractivity (Wildman–Crippen MR) is 114 cm³/mol. The maximum absolute atomic E-state index is 10.7. The number of aromatic carboxylic acids is 1. The number of rotatable bonds is 2. The maximum Gasteiger partial charge on any atom is 0.410 e. The summed E-state index contributed by atoms with van der Waals surface area (Å²) in [5.74, 6) is 4.50. The number of amides is 1. The highest BCUT2D eigenvalue weighted by atomic mass is 35.5. The van der Waals surface area contributed by atoms with E-state index in [9.17, 15) is 9.59 Å². The van der Waals surface area contributed by atoms with Crippen molar-refractivity contribution in [3.8, 4) is 17.6 Å². The number of hydrogen-bond donors (Lipinski definition) is 3. The van der Waals surface area contributed by atoms with Crippen LogP contribution in [0.1, 0.15) is 29.4 Å². The quantitative estimate of drug-likeness (QED) is 0.368. The molecular weight excluding hydrogens is 487 g/mol. The SMILES string of the molecule is CCC#Cc1c(OC(N)=O)ccc(Cl)c1Cl.Nc1c(Cl)c(Cl)nc(C(=O)O)c1Cl. The van der Waals surface area contributed by atoms with E-state index in [-0.39, 0.29) is 31.7 Å². The van der Waals surface area contributed by atoms with Crippen molar-refractivity contribution >= 4 is 75.8 Å². The molecule has 2 rings (SSSR count). The summed E-state index contributed by atoms with van der Waals surface area (Å²) >= 11 is 28.4. The molecule has 0 unspecified atom stereocenters. The van der Waals surface area contributed by atoms with Crippen LogP contribution < -0.4 is 16.2 Å². The zero-order chi connectivity index (χ0) is 22.3. The summed E-state index contributed by atoms with van der Waals surface area (Å²) in [5, 5.41) is 8.77. The number of pyridine rings is 1. The van der Waals surface area contributed by atoms with Gasteiger partial charge in [0.1, 0.15) is 10.8 Å². The van der Waals surface area contributed by atoms with E-state index in [1.54, 1.807) is 0 Å². The molecule has 2 aromatic rings. The molecule has 0 saturated heterocycles. The number of carbonyl (C=O) groups excluding carboxylic acids is 1. The number of ether oxygens (including phenoxy) is 1. The molecule has 0 radical (unpaired) electrons. The minimum atomic E-state index is -1.31. The Bertz CT molecular complexity index is 1020. The number of primary amides is 1. The molecule has 1 aromatic carbocycles. The van der Waals surface area contributed by atoms with Crippen molar-refractivity contribution in [2.75, 3.05) is 5.73 Å². The Morgan fingerprint density at radius 1 is 1.14 bits per heavy atom. The first kappa shape index (κ1) is 25.0. The number of halogens is 5. The van der Waals surface area contributed by atoms with Crippen LogP contribution in [0.2, 0.25) is 25.2 Å². The smallest absolute Gasteiger partial charge is 0.410 e. The van der Waals surface area contributed by atoms with Gasteiger partial charge in [0, 0.05) is 6.42 Å². The second kappa shape index (κ2) is 11.2. The normalized spacial score (nSPS) is 9.59. The lowest BCUT2D eigenvalue weighted by molar-refractivity contribution is 0.0690. The molecule has 0 bridgehead atoms. The Morgan fingerprint density at radius 2 is 1.76 bits per heavy atom. The highest BCUT2D eigenvalue weighted by Gasteiger charge is 2.18. The summed E-state index contributed by atoms with van der Waals surface area (Å²) < 4.78 is 4.77. The Labute approximate surface area is 190 Å². The van der Waals surface area contributed by atoms with E-state index in [1.165, 1.54) is 12.1 Å². The topological polar surface area (TPSA) is 129 Å². The van der Waals surface area contributed by atoms with E-state index in [2.05, 4.69) is 16.8 Å². The zero-order valence-electron chi connectivity index (χ0n) is 14.5. The number of nitrogens with two attached hydrogens (primary N) is 2. The van der Waals surface area contributed by atoms with Gasteiger partial charge in [-0.3, -0.25) is 0 Å². The molecule has 154 valence electrons. The Kier molecular flexibility index (Phi) is 9.63. The van der Waals surface area contributed by atoms with Crippen molar-refractivity contribution in [1.82, 2.24) is 4.98 Å². The van der Waals surface area contributed by atoms with E-state index in [0.717, 1.165) is 0 Å². The lowest BCUT2D eigenvalue weighted by Gasteiger charge is -2.06. The lowest BCUT2D eigenvalue weighted by Crippen LogP contribution is -2.16. The average molecular weight is 500 g/mol. The standard InChI is InChI=1S/C11H9Cl2NO2.C6H3Cl3N2O2/c1-2-3-4-7-9(16-11(14)15)6-5-8(12)10(7)13;7-1-3(10)2(8)5(9)11-4(1)6(12)13/h5-6H,2H2,1H3,(H2,14,15);(H2,10,11)(H,12,13). The highest BCUT2D eigenvalue weighted by molar-refractivity contribution is 6.46. The molecule has 29 heavy (non-hydrogen) atoms. The fourth-order valence-corrected chi connectivity index (χ4v) is 2.64. The van der Waals surface area contributed by atoms with Gasteiger partial charge in [-0.1, -0.05) is 76.8 Å². The van der Waals surface area contributed by atoms with Crippen molar-refractivity contribution in [2.24, 2.45) is 5.73 Å². The molecule has 1 heterocycles. The largest absolute Gasteiger partial charge is 0.476 e. The van der Waals surface area contributed by atoms with E-state index >= 15 is 0 Å². The molecule has 1 aromatic heterocycles. The maximum atomic E-state index is 10.7. The molecule has 0 atom stereocenters. The van der Waals surface area contributed by atoms with Gasteiger partial charge < -0.3 is 21.3 Å². The third kappa shape index (κ3) is 6.74. The fourth-order valence-electron chi connectivity index (χ4n) is 1.69. The van der Waals surface area contributed by atoms with Crippen molar-refractivity contribution in [2.45, 2.75) is 13.3 Å². The van der Waals surface area contributed by atoms with Gasteiger partial charge in [-0.2, -0.15) is 0 Å². The van der Waals surface area contributed by atoms with Gasteiger partial charge in [0.25, 0.3) is 0 Å². The number of benzene rings is 1. The number of carboxylic acid groups (broad SMARTS) is 1. The van der Waals surface area contributed by atoms with Crippen LogP contribution in [0.3, 0.4) is 0 Å². The molecule has 0 fully saturated rings. The van der Waals surface area contributed by atoms with Crippen molar-refractivity contribution in [3.63, 3.8) is 0 Å². The van der Waals surface area contributed by atoms with Gasteiger partial charge in [0.05, 0.1) is 26.3 Å². The summed E-state index contributed by atoms with van der Waals surface area (Å²) in [7, 11) is 0. The van der Waals surface area contributed by atoms with Crippen molar-refractivity contribution in [1.29, 1.82) is 0 Å². The molecular formula is C17H12Cl5N3O4. The van der Waals surface area contributed by atoms with Gasteiger partial charge in [0.2, 0.25) is 0 Å². The Balaban J connectivity index is 0.000000296. The van der Waals surface area contributed by atoms with Crippen LogP contribution in [0.4, 0.5) is 10.5 Å². The summed E-state index contributed by atoms with van der Waals surface area (Å²) in [6.07, 6.45) is -0.267. The van der Waals surface area contributed by atoms with Crippen LogP contribution in [0.5, 0.6) is 5.75 Å². The zero-order valence-corrected chi connectivity index (χ0v) is 18.3. The first-order chi connectivity index (χ1) is 13.5. The molecule has 0 aliphatic carbocycles. The monoisotopic (exact) mass is 497 g/mol. The average Bonchev–Trinajstić information content (AvgIpc) is 2.65. The number of nitrogen functional groups attached to an aromatic ring is 1. The molecule has 0 aliphatic rings. The third-order valence-electron chi connectivity index (χ3n) is 2.93. The summed E-state index contributed by atoms with van der Waals surface area (Å²) in [5.41, 5.74) is 10.2. The van der Waals surface area contributed by atoms with Crippen molar-refractivity contribution in [3.05, 3.63) is 48.6 Å². The number of nitrogens with zero attached hydrogens (tertiary/aromatic N) is 1. The molecule has 0 aliphatic heterocycles. The molecule has 1 amide bonds. The van der Waals surface area contributed by atoms with E-state index in [0.29, 0.717) is 17.0 Å². The van der Waals surface area contributed by atoms with E-state index in [4.69, 9.17) is 79.3 Å². The van der Waals surface area contributed by atoms with Gasteiger partial charge in [-0.15, -0.1) is 0 Å². The third-order valence-corrected chi connectivity index (χ3v) is 4.87. The number of hydrogen-bond acceptors (Lipinski definition) is 5. The second-order valence-electron chi connectivity index (χ2n) is 4.91. The summed E-state index contributed by atoms with van der Waals surface area (Å²) in [6.45, 7) is 1.89. The number of carboxylic acids is 1.